The highest BCUT2D eigenvalue weighted by atomic mass is 32.2. The number of rotatable bonds is 3. The van der Waals surface area contributed by atoms with Crippen LogP contribution in [-0.4, -0.2) is 35.5 Å². The van der Waals surface area contributed by atoms with Crippen LogP contribution in [0.1, 0.15) is 30.1 Å². The molecule has 2 aromatic rings. The minimum atomic E-state index is -3.35. The van der Waals surface area contributed by atoms with Gasteiger partial charge in [-0.15, -0.1) is 0 Å². The first kappa shape index (κ1) is 16.4. The van der Waals surface area contributed by atoms with Crippen molar-refractivity contribution >= 4 is 21.6 Å². The molecule has 0 spiro atoms. The Balaban J connectivity index is 1.66. The molecule has 24 heavy (non-hydrogen) atoms. The maximum absolute atomic E-state index is 12.2. The molecule has 1 aliphatic carbocycles. The summed E-state index contributed by atoms with van der Waals surface area (Å²) in [7, 11) is -1.45. The minimum Gasteiger partial charge on any atom is -0.331 e. The number of carbonyl (C=O) groups is 1. The van der Waals surface area contributed by atoms with Crippen molar-refractivity contribution < 1.29 is 13.2 Å². The number of pyridine rings is 1. The minimum absolute atomic E-state index is 0.0271. The van der Waals surface area contributed by atoms with Crippen LogP contribution in [-0.2, 0) is 23.3 Å². The van der Waals surface area contributed by atoms with Crippen molar-refractivity contribution in [2.75, 3.05) is 11.6 Å². The van der Waals surface area contributed by atoms with E-state index in [-0.39, 0.29) is 17.1 Å². The zero-order valence-electron chi connectivity index (χ0n) is 13.5. The van der Waals surface area contributed by atoms with E-state index < -0.39 is 9.84 Å². The Labute approximate surface area is 140 Å². The van der Waals surface area contributed by atoms with E-state index in [1.807, 2.05) is 11.7 Å². The Morgan fingerprint density at radius 2 is 2.12 bits per heavy atom. The second kappa shape index (κ2) is 6.23. The van der Waals surface area contributed by atoms with Gasteiger partial charge >= 0.3 is 6.03 Å². The second-order valence-electron chi connectivity index (χ2n) is 5.87. The summed E-state index contributed by atoms with van der Waals surface area (Å²) >= 11 is 0. The zero-order chi connectivity index (χ0) is 17.3. The number of carbonyl (C=O) groups excluding carboxylic acids is 1. The number of hydrogen-bond acceptors (Lipinski definition) is 5. The van der Waals surface area contributed by atoms with E-state index in [9.17, 15) is 13.2 Å². The van der Waals surface area contributed by atoms with Crippen molar-refractivity contribution in [3.63, 3.8) is 0 Å². The van der Waals surface area contributed by atoms with E-state index in [0.29, 0.717) is 5.69 Å². The number of nitrogens with one attached hydrogen (secondary N) is 2. The molecule has 0 aliphatic heterocycles. The number of sulfone groups is 1. The molecular weight excluding hydrogens is 330 g/mol. The molecular formula is C15H19N5O3S. The monoisotopic (exact) mass is 349 g/mol. The smallest absolute Gasteiger partial charge is 0.319 e. The second-order valence-corrected chi connectivity index (χ2v) is 7.83. The van der Waals surface area contributed by atoms with Crippen LogP contribution in [0.2, 0.25) is 0 Å². The number of hydrogen-bond donors (Lipinski definition) is 2. The molecule has 0 saturated carbocycles. The lowest BCUT2D eigenvalue weighted by Gasteiger charge is -2.23. The molecule has 1 unspecified atom stereocenters. The summed E-state index contributed by atoms with van der Waals surface area (Å²) < 4.78 is 24.6. The van der Waals surface area contributed by atoms with Crippen molar-refractivity contribution in [3.8, 4) is 0 Å². The Kier molecular flexibility index (Phi) is 4.27. The third kappa shape index (κ3) is 3.40. The number of amides is 2. The van der Waals surface area contributed by atoms with Crippen LogP contribution in [0.4, 0.5) is 10.5 Å². The molecule has 1 atom stereocenters. The molecule has 0 radical (unpaired) electrons. The van der Waals surface area contributed by atoms with Gasteiger partial charge in [-0.3, -0.25) is 4.68 Å². The molecule has 3 rings (SSSR count). The lowest BCUT2D eigenvalue weighted by atomic mass is 9.93. The SMILES string of the molecule is Cn1ncc2c1CCCC2NC(=O)Nc1ccc(S(C)(=O)=O)nc1. The average molecular weight is 349 g/mol. The normalized spacial score (nSPS) is 17.2. The van der Waals surface area contributed by atoms with Crippen LogP contribution in [0.15, 0.2) is 29.6 Å². The van der Waals surface area contributed by atoms with Crippen LogP contribution < -0.4 is 10.6 Å². The first-order chi connectivity index (χ1) is 11.3. The van der Waals surface area contributed by atoms with Crippen molar-refractivity contribution in [2.45, 2.75) is 30.3 Å². The van der Waals surface area contributed by atoms with Crippen LogP contribution in [0.25, 0.3) is 0 Å². The highest BCUT2D eigenvalue weighted by Gasteiger charge is 2.24. The van der Waals surface area contributed by atoms with E-state index in [0.717, 1.165) is 36.8 Å². The van der Waals surface area contributed by atoms with E-state index in [4.69, 9.17) is 0 Å². The quantitative estimate of drug-likeness (QED) is 0.872. The van der Waals surface area contributed by atoms with Crippen LogP contribution in [0, 0.1) is 0 Å². The number of aromatic nitrogens is 3. The number of anilines is 1. The molecule has 2 heterocycles. The number of urea groups is 1. The third-order valence-electron chi connectivity index (χ3n) is 4.06. The van der Waals surface area contributed by atoms with Crippen molar-refractivity contribution in [2.24, 2.45) is 7.05 Å². The van der Waals surface area contributed by atoms with E-state index in [1.54, 1.807) is 6.20 Å². The van der Waals surface area contributed by atoms with Gasteiger partial charge in [-0.1, -0.05) is 0 Å². The fourth-order valence-electron chi connectivity index (χ4n) is 2.86. The van der Waals surface area contributed by atoms with E-state index in [2.05, 4.69) is 20.7 Å². The van der Waals surface area contributed by atoms with E-state index in [1.165, 1.54) is 18.3 Å². The lowest BCUT2D eigenvalue weighted by molar-refractivity contribution is 0.247. The molecule has 8 nitrogen and oxygen atoms in total. The van der Waals surface area contributed by atoms with Gasteiger partial charge in [0.1, 0.15) is 0 Å². The van der Waals surface area contributed by atoms with Gasteiger partial charge in [-0.2, -0.15) is 5.10 Å². The molecule has 0 bridgehead atoms. The molecule has 2 N–H and O–H groups in total. The first-order valence-corrected chi connectivity index (χ1v) is 9.48. The van der Waals surface area contributed by atoms with Gasteiger partial charge in [0.2, 0.25) is 0 Å². The molecule has 0 saturated heterocycles. The molecule has 2 amide bonds. The summed E-state index contributed by atoms with van der Waals surface area (Å²) in [5.41, 5.74) is 2.62. The summed E-state index contributed by atoms with van der Waals surface area (Å²) in [6.45, 7) is 0. The third-order valence-corrected chi connectivity index (χ3v) is 5.06. The largest absolute Gasteiger partial charge is 0.331 e. The predicted octanol–water partition coefficient (Wildman–Crippen LogP) is 1.42. The number of aryl methyl sites for hydroxylation is 1. The molecule has 0 fully saturated rings. The lowest BCUT2D eigenvalue weighted by Crippen LogP contribution is -2.34. The van der Waals surface area contributed by atoms with Gasteiger partial charge in [0.25, 0.3) is 0 Å². The molecule has 128 valence electrons. The summed E-state index contributed by atoms with van der Waals surface area (Å²) in [5.74, 6) is 0. The van der Waals surface area contributed by atoms with Crippen LogP contribution in [0.5, 0.6) is 0 Å². The van der Waals surface area contributed by atoms with Gasteiger partial charge in [-0.05, 0) is 31.4 Å². The maximum atomic E-state index is 12.2. The van der Waals surface area contributed by atoms with Crippen LogP contribution >= 0.6 is 0 Å². The number of nitrogens with zero attached hydrogens (tertiary/aromatic N) is 3. The van der Waals surface area contributed by atoms with Gasteiger partial charge < -0.3 is 10.6 Å². The fourth-order valence-corrected chi connectivity index (χ4v) is 3.41. The van der Waals surface area contributed by atoms with Gasteiger partial charge in [0, 0.05) is 24.6 Å². The van der Waals surface area contributed by atoms with E-state index >= 15 is 0 Å². The predicted molar refractivity (Wildman–Crippen MR) is 88.4 cm³/mol. The fraction of sp³-hybridized carbons (Fsp3) is 0.400. The molecule has 2 aromatic heterocycles. The first-order valence-electron chi connectivity index (χ1n) is 7.59. The molecule has 9 heteroatoms. The Hall–Kier alpha value is -2.42. The Bertz CT molecular complexity index is 858. The van der Waals surface area contributed by atoms with Gasteiger partial charge in [0.05, 0.1) is 24.1 Å². The topological polar surface area (TPSA) is 106 Å². The summed E-state index contributed by atoms with van der Waals surface area (Å²) in [4.78, 5) is 16.0. The average Bonchev–Trinajstić information content (AvgIpc) is 2.90. The number of fused-ring (bicyclic) bond motifs is 1. The van der Waals surface area contributed by atoms with Crippen molar-refractivity contribution in [1.29, 1.82) is 0 Å². The highest BCUT2D eigenvalue weighted by Crippen LogP contribution is 2.29. The van der Waals surface area contributed by atoms with Crippen molar-refractivity contribution in [3.05, 3.63) is 35.8 Å². The van der Waals surface area contributed by atoms with Gasteiger partial charge in [0.15, 0.2) is 14.9 Å². The molecule has 0 aromatic carbocycles. The summed E-state index contributed by atoms with van der Waals surface area (Å²) in [6.07, 6.45) is 7.01. The van der Waals surface area contributed by atoms with Gasteiger partial charge in [-0.25, -0.2) is 18.2 Å². The zero-order valence-corrected chi connectivity index (χ0v) is 14.3. The summed E-state index contributed by atoms with van der Waals surface area (Å²) in [6, 6.07) is 2.45. The highest BCUT2D eigenvalue weighted by molar-refractivity contribution is 7.90. The standard InChI is InChI=1S/C15H19N5O3S/c1-20-13-5-3-4-12(11(13)9-17-20)19-15(21)18-10-6-7-14(16-8-10)24(2,22)23/h6-9,12H,3-5H2,1-2H3,(H2,18,19,21). The summed E-state index contributed by atoms with van der Waals surface area (Å²) in [5, 5.41) is 9.83. The Morgan fingerprint density at radius 3 is 2.79 bits per heavy atom. The van der Waals surface area contributed by atoms with Crippen LogP contribution in [0.3, 0.4) is 0 Å². The molecule has 1 aliphatic rings. The van der Waals surface area contributed by atoms with Crippen molar-refractivity contribution in [1.82, 2.24) is 20.1 Å². The Morgan fingerprint density at radius 1 is 1.33 bits per heavy atom. The maximum Gasteiger partial charge on any atom is 0.319 e.